The highest BCUT2D eigenvalue weighted by Gasteiger charge is 2.16. The predicted molar refractivity (Wildman–Crippen MR) is 137 cm³/mol. The van der Waals surface area contributed by atoms with Crippen LogP contribution in [0.3, 0.4) is 0 Å². The standard InChI is InChI=1S/C27H30O7S/c1-4-7-17-13-20-21(29)14-25(27(31)32)35-24(20)15-23(17)34-12-6-11-33-22-10-9-18(16(3)28)26(30)19(22)8-5-2/h9-10,13-15,30H,4-8,11-12H2,1-3H3,(H,31,32). The molecule has 0 amide bonds. The summed E-state index contributed by atoms with van der Waals surface area (Å²) in [4.78, 5) is 35.5. The Morgan fingerprint density at radius 2 is 1.66 bits per heavy atom. The molecule has 0 radical (unpaired) electrons. The zero-order chi connectivity index (χ0) is 25.5. The molecular weight excluding hydrogens is 468 g/mol. The second kappa shape index (κ2) is 11.8. The van der Waals surface area contributed by atoms with Crippen LogP contribution in [0, 0.1) is 0 Å². The number of hydrogen-bond acceptors (Lipinski definition) is 7. The fraction of sp³-hybridized carbons (Fsp3) is 0.370. The third kappa shape index (κ3) is 6.19. The number of ketones is 1. The third-order valence-electron chi connectivity index (χ3n) is 5.56. The van der Waals surface area contributed by atoms with Gasteiger partial charge in [-0.15, -0.1) is 11.3 Å². The average molecular weight is 499 g/mol. The van der Waals surface area contributed by atoms with Gasteiger partial charge < -0.3 is 19.7 Å². The van der Waals surface area contributed by atoms with Crippen molar-refractivity contribution in [2.45, 2.75) is 52.9 Å². The Kier molecular flexibility index (Phi) is 8.87. The molecule has 0 aliphatic carbocycles. The molecule has 0 atom stereocenters. The number of carbonyl (C=O) groups excluding carboxylic acids is 1. The van der Waals surface area contributed by atoms with Crippen molar-refractivity contribution in [3.05, 3.63) is 62.1 Å². The van der Waals surface area contributed by atoms with Crippen LogP contribution in [0.2, 0.25) is 0 Å². The van der Waals surface area contributed by atoms with Crippen molar-refractivity contribution >= 4 is 33.2 Å². The smallest absolute Gasteiger partial charge is 0.346 e. The fourth-order valence-corrected chi connectivity index (χ4v) is 4.81. The molecule has 0 unspecified atom stereocenters. The van der Waals surface area contributed by atoms with Crippen molar-refractivity contribution in [2.24, 2.45) is 0 Å². The monoisotopic (exact) mass is 498 g/mol. The number of Topliss-reactive ketones (excluding diaryl/α,β-unsaturated/α-hetero) is 1. The highest BCUT2D eigenvalue weighted by atomic mass is 32.1. The average Bonchev–Trinajstić information content (AvgIpc) is 2.81. The molecule has 186 valence electrons. The summed E-state index contributed by atoms with van der Waals surface area (Å²) in [7, 11) is 0. The zero-order valence-corrected chi connectivity index (χ0v) is 21.0. The summed E-state index contributed by atoms with van der Waals surface area (Å²) in [6, 6.07) is 8.00. The summed E-state index contributed by atoms with van der Waals surface area (Å²) in [5.74, 6) is -0.159. The molecule has 0 spiro atoms. The fourth-order valence-electron chi connectivity index (χ4n) is 3.88. The number of phenolic OH excluding ortho intramolecular Hbond substituents is 1. The van der Waals surface area contributed by atoms with Gasteiger partial charge in [-0.25, -0.2) is 4.79 Å². The maximum Gasteiger partial charge on any atom is 0.346 e. The molecule has 35 heavy (non-hydrogen) atoms. The molecule has 0 aliphatic rings. The lowest BCUT2D eigenvalue weighted by Gasteiger charge is -2.15. The summed E-state index contributed by atoms with van der Waals surface area (Å²) in [5, 5.41) is 20.3. The van der Waals surface area contributed by atoms with Crippen LogP contribution in [0.4, 0.5) is 0 Å². The largest absolute Gasteiger partial charge is 0.507 e. The van der Waals surface area contributed by atoms with E-state index in [4.69, 9.17) is 9.47 Å². The van der Waals surface area contributed by atoms with Gasteiger partial charge in [0.1, 0.15) is 22.1 Å². The van der Waals surface area contributed by atoms with Crippen LogP contribution in [0.25, 0.3) is 10.1 Å². The Hall–Kier alpha value is -3.39. The molecule has 7 nitrogen and oxygen atoms in total. The van der Waals surface area contributed by atoms with Gasteiger partial charge in [-0.2, -0.15) is 0 Å². The molecule has 1 heterocycles. The third-order valence-corrected chi connectivity index (χ3v) is 6.63. The molecule has 0 bridgehead atoms. The van der Waals surface area contributed by atoms with Crippen molar-refractivity contribution in [2.75, 3.05) is 13.2 Å². The number of carboxylic acids is 1. The van der Waals surface area contributed by atoms with E-state index in [9.17, 15) is 24.6 Å². The van der Waals surface area contributed by atoms with Crippen molar-refractivity contribution in [3.63, 3.8) is 0 Å². The minimum atomic E-state index is -1.13. The van der Waals surface area contributed by atoms with Gasteiger partial charge in [0, 0.05) is 28.1 Å². The van der Waals surface area contributed by atoms with Crippen LogP contribution in [-0.2, 0) is 12.8 Å². The number of benzene rings is 2. The normalized spacial score (nSPS) is 10.9. The van der Waals surface area contributed by atoms with Crippen LogP contribution >= 0.6 is 11.3 Å². The Labute approximate surface area is 208 Å². The minimum Gasteiger partial charge on any atom is -0.507 e. The molecule has 0 saturated heterocycles. The second-order valence-electron chi connectivity index (χ2n) is 8.28. The van der Waals surface area contributed by atoms with Crippen molar-refractivity contribution < 1.29 is 29.3 Å². The SMILES string of the molecule is CCCc1cc2c(=O)cc(C(=O)O)sc2cc1OCCCOc1ccc(C(C)=O)c(O)c1CCC. The number of aromatic carboxylic acids is 1. The summed E-state index contributed by atoms with van der Waals surface area (Å²) >= 11 is 1.05. The summed E-state index contributed by atoms with van der Waals surface area (Å²) in [6.45, 7) is 6.16. The van der Waals surface area contributed by atoms with Crippen LogP contribution in [0.5, 0.6) is 17.2 Å². The summed E-state index contributed by atoms with van der Waals surface area (Å²) < 4.78 is 12.5. The van der Waals surface area contributed by atoms with Gasteiger partial charge in [0.05, 0.1) is 18.8 Å². The predicted octanol–water partition coefficient (Wildman–Crippen LogP) is 5.62. The van der Waals surface area contributed by atoms with Gasteiger partial charge in [-0.1, -0.05) is 26.7 Å². The van der Waals surface area contributed by atoms with Gasteiger partial charge in [0.15, 0.2) is 11.2 Å². The number of ether oxygens (including phenoxy) is 2. The van der Waals surface area contributed by atoms with E-state index in [1.807, 2.05) is 13.8 Å². The molecule has 1 aromatic heterocycles. The molecule has 3 rings (SSSR count). The quantitative estimate of drug-likeness (QED) is 0.246. The topological polar surface area (TPSA) is 110 Å². The second-order valence-corrected chi connectivity index (χ2v) is 9.37. The Morgan fingerprint density at radius 3 is 2.29 bits per heavy atom. The van der Waals surface area contributed by atoms with Crippen molar-refractivity contribution in [1.29, 1.82) is 0 Å². The molecular formula is C27H30O7S. The van der Waals surface area contributed by atoms with Crippen LogP contribution < -0.4 is 14.9 Å². The van der Waals surface area contributed by atoms with Gasteiger partial charge in [0.25, 0.3) is 0 Å². The zero-order valence-electron chi connectivity index (χ0n) is 20.2. The lowest BCUT2D eigenvalue weighted by molar-refractivity contribution is 0.0701. The maximum atomic E-state index is 12.4. The number of carbonyl (C=O) groups is 2. The van der Waals surface area contributed by atoms with E-state index in [-0.39, 0.29) is 27.4 Å². The van der Waals surface area contributed by atoms with Crippen molar-refractivity contribution in [1.82, 2.24) is 0 Å². The Morgan fingerprint density at radius 1 is 0.971 bits per heavy atom. The van der Waals surface area contributed by atoms with E-state index in [2.05, 4.69) is 0 Å². The minimum absolute atomic E-state index is 0.00739. The molecule has 2 aromatic carbocycles. The van der Waals surface area contributed by atoms with Gasteiger partial charge in [-0.3, -0.25) is 9.59 Å². The number of rotatable bonds is 12. The first-order chi connectivity index (χ1) is 16.8. The molecule has 0 saturated carbocycles. The van der Waals surface area contributed by atoms with Gasteiger partial charge in [-0.05, 0) is 49.6 Å². The van der Waals surface area contributed by atoms with Gasteiger partial charge in [0.2, 0.25) is 0 Å². The van der Waals surface area contributed by atoms with Crippen molar-refractivity contribution in [3.8, 4) is 17.2 Å². The van der Waals surface area contributed by atoms with E-state index >= 15 is 0 Å². The molecule has 3 aromatic rings. The van der Waals surface area contributed by atoms with Crippen LogP contribution in [0.1, 0.15) is 71.2 Å². The van der Waals surface area contributed by atoms with Gasteiger partial charge >= 0.3 is 5.97 Å². The van der Waals surface area contributed by atoms with Crippen LogP contribution in [-0.4, -0.2) is 35.2 Å². The van der Waals surface area contributed by atoms with Crippen LogP contribution in [0.15, 0.2) is 35.1 Å². The number of aromatic hydroxyl groups is 1. The Balaban J connectivity index is 1.72. The Bertz CT molecular complexity index is 1290. The molecule has 8 heteroatoms. The number of phenols is 1. The van der Waals surface area contributed by atoms with E-state index in [1.54, 1.807) is 24.3 Å². The number of hydrogen-bond donors (Lipinski definition) is 2. The highest BCUT2D eigenvalue weighted by molar-refractivity contribution is 7.20. The van der Waals surface area contributed by atoms with E-state index in [0.717, 1.165) is 42.2 Å². The summed E-state index contributed by atoms with van der Waals surface area (Å²) in [6.07, 6.45) is 3.56. The first kappa shape index (κ1) is 26.2. The first-order valence-corrected chi connectivity index (χ1v) is 12.5. The summed E-state index contributed by atoms with van der Waals surface area (Å²) in [5.41, 5.74) is 1.51. The molecule has 0 fully saturated rings. The highest BCUT2D eigenvalue weighted by Crippen LogP contribution is 2.33. The first-order valence-electron chi connectivity index (χ1n) is 11.7. The number of aryl methyl sites for hydroxylation is 1. The number of fused-ring (bicyclic) bond motifs is 1. The lowest BCUT2D eigenvalue weighted by atomic mass is 10.0. The molecule has 2 N–H and O–H groups in total. The van der Waals surface area contributed by atoms with E-state index < -0.39 is 5.97 Å². The maximum absolute atomic E-state index is 12.4. The van der Waals surface area contributed by atoms with E-state index in [1.165, 1.54) is 6.92 Å². The lowest BCUT2D eigenvalue weighted by Crippen LogP contribution is -2.09. The number of carboxylic acid groups (broad SMARTS) is 1. The molecule has 0 aliphatic heterocycles. The van der Waals surface area contributed by atoms with E-state index in [0.29, 0.717) is 53.2 Å².